The van der Waals surface area contributed by atoms with Crippen molar-refractivity contribution in [2.75, 3.05) is 11.4 Å². The Morgan fingerprint density at radius 1 is 1.14 bits per heavy atom. The zero-order chi connectivity index (χ0) is 14.8. The van der Waals surface area contributed by atoms with E-state index in [-0.39, 0.29) is 24.2 Å². The third-order valence-corrected chi connectivity index (χ3v) is 4.05. The molecule has 0 saturated heterocycles. The minimum absolute atomic E-state index is 0. The highest BCUT2D eigenvalue weighted by atomic mass is 35.5. The molecular formula is C18H21ClN2O. The van der Waals surface area contributed by atoms with Crippen molar-refractivity contribution in [3.63, 3.8) is 0 Å². The standard InChI is InChI=1S/C18H20N2O.ClH/c1-13-7-8-17-16(11-13)15(9-10-19)18(21)20(17)12-14-5-3-2-4-6-14;/h2-8,11,15H,9-10,12,19H2,1H3;1H. The van der Waals surface area contributed by atoms with E-state index in [2.05, 4.69) is 37.3 Å². The van der Waals surface area contributed by atoms with Crippen LogP contribution in [0.4, 0.5) is 5.69 Å². The van der Waals surface area contributed by atoms with Gasteiger partial charge in [-0.05, 0) is 37.1 Å². The normalized spacial score (nSPS) is 16.4. The highest BCUT2D eigenvalue weighted by Crippen LogP contribution is 2.40. The molecule has 1 aliphatic heterocycles. The summed E-state index contributed by atoms with van der Waals surface area (Å²) in [6, 6.07) is 16.3. The largest absolute Gasteiger partial charge is 0.330 e. The van der Waals surface area contributed by atoms with Crippen LogP contribution in [0.3, 0.4) is 0 Å². The average Bonchev–Trinajstić information content (AvgIpc) is 2.74. The van der Waals surface area contributed by atoms with Crippen molar-refractivity contribution in [3.05, 3.63) is 65.2 Å². The Morgan fingerprint density at radius 2 is 1.86 bits per heavy atom. The Morgan fingerprint density at radius 3 is 2.55 bits per heavy atom. The van der Waals surface area contributed by atoms with Gasteiger partial charge in [-0.3, -0.25) is 4.79 Å². The minimum Gasteiger partial charge on any atom is -0.330 e. The number of fused-ring (bicyclic) bond motifs is 1. The molecule has 1 atom stereocenters. The van der Waals surface area contributed by atoms with Crippen LogP contribution in [0.1, 0.15) is 29.0 Å². The third kappa shape index (κ3) is 3.01. The lowest BCUT2D eigenvalue weighted by Gasteiger charge is -2.18. The monoisotopic (exact) mass is 316 g/mol. The first-order chi connectivity index (χ1) is 10.2. The Balaban J connectivity index is 0.00000176. The van der Waals surface area contributed by atoms with Gasteiger partial charge in [-0.2, -0.15) is 0 Å². The Bertz CT molecular complexity index is 657. The van der Waals surface area contributed by atoms with Crippen LogP contribution in [0.5, 0.6) is 0 Å². The maximum atomic E-state index is 12.7. The minimum atomic E-state index is -0.0892. The Labute approximate surface area is 137 Å². The molecule has 3 nitrogen and oxygen atoms in total. The third-order valence-electron chi connectivity index (χ3n) is 4.05. The first-order valence-corrected chi connectivity index (χ1v) is 7.36. The summed E-state index contributed by atoms with van der Waals surface area (Å²) < 4.78 is 0. The number of carbonyl (C=O) groups excluding carboxylic acids is 1. The number of halogens is 1. The fraction of sp³-hybridized carbons (Fsp3) is 0.278. The van der Waals surface area contributed by atoms with E-state index in [4.69, 9.17) is 5.73 Å². The van der Waals surface area contributed by atoms with Crippen molar-refractivity contribution in [1.82, 2.24) is 0 Å². The molecular weight excluding hydrogens is 296 g/mol. The van der Waals surface area contributed by atoms with Gasteiger partial charge in [0, 0.05) is 5.69 Å². The van der Waals surface area contributed by atoms with Crippen molar-refractivity contribution in [1.29, 1.82) is 0 Å². The van der Waals surface area contributed by atoms with Gasteiger partial charge in [-0.25, -0.2) is 0 Å². The molecule has 2 N–H and O–H groups in total. The highest BCUT2D eigenvalue weighted by Gasteiger charge is 2.36. The van der Waals surface area contributed by atoms with Crippen LogP contribution in [0.25, 0.3) is 0 Å². The summed E-state index contributed by atoms with van der Waals surface area (Å²) in [7, 11) is 0. The van der Waals surface area contributed by atoms with Gasteiger partial charge in [0.25, 0.3) is 0 Å². The second-order valence-corrected chi connectivity index (χ2v) is 5.60. The zero-order valence-electron chi connectivity index (χ0n) is 12.7. The van der Waals surface area contributed by atoms with Crippen LogP contribution in [-0.4, -0.2) is 12.5 Å². The first-order valence-electron chi connectivity index (χ1n) is 7.36. The van der Waals surface area contributed by atoms with Gasteiger partial charge in [0.1, 0.15) is 0 Å². The molecule has 0 bridgehead atoms. The second-order valence-electron chi connectivity index (χ2n) is 5.60. The predicted octanol–water partition coefficient (Wildman–Crippen LogP) is 3.40. The molecule has 2 aromatic carbocycles. The number of hydrogen-bond donors (Lipinski definition) is 1. The number of nitrogens with zero attached hydrogens (tertiary/aromatic N) is 1. The summed E-state index contributed by atoms with van der Waals surface area (Å²) in [5, 5.41) is 0. The maximum Gasteiger partial charge on any atom is 0.234 e. The van der Waals surface area contributed by atoms with E-state index in [9.17, 15) is 4.79 Å². The van der Waals surface area contributed by atoms with E-state index in [0.29, 0.717) is 19.5 Å². The molecule has 1 aliphatic rings. The molecule has 22 heavy (non-hydrogen) atoms. The maximum absolute atomic E-state index is 12.7. The van der Waals surface area contributed by atoms with Crippen LogP contribution < -0.4 is 10.6 Å². The quantitative estimate of drug-likeness (QED) is 0.939. The molecule has 0 aliphatic carbocycles. The average molecular weight is 317 g/mol. The molecule has 0 spiro atoms. The first kappa shape index (κ1) is 16.5. The van der Waals surface area contributed by atoms with Gasteiger partial charge in [0.15, 0.2) is 0 Å². The van der Waals surface area contributed by atoms with Gasteiger partial charge >= 0.3 is 0 Å². The van der Waals surface area contributed by atoms with Gasteiger partial charge in [0.05, 0.1) is 12.5 Å². The predicted molar refractivity (Wildman–Crippen MR) is 92.5 cm³/mol. The molecule has 1 amide bonds. The van der Waals surface area contributed by atoms with Gasteiger partial charge in [-0.15, -0.1) is 12.4 Å². The fourth-order valence-corrected chi connectivity index (χ4v) is 3.01. The Hall–Kier alpha value is -1.84. The van der Waals surface area contributed by atoms with Crippen molar-refractivity contribution in [3.8, 4) is 0 Å². The molecule has 1 heterocycles. The number of hydrogen-bond acceptors (Lipinski definition) is 2. The number of benzene rings is 2. The fourth-order valence-electron chi connectivity index (χ4n) is 3.01. The molecule has 2 aromatic rings. The van der Waals surface area contributed by atoms with E-state index in [1.807, 2.05) is 23.1 Å². The lowest BCUT2D eigenvalue weighted by molar-refractivity contribution is -0.119. The zero-order valence-corrected chi connectivity index (χ0v) is 13.5. The lowest BCUT2D eigenvalue weighted by atomic mass is 9.96. The van der Waals surface area contributed by atoms with E-state index >= 15 is 0 Å². The summed E-state index contributed by atoms with van der Waals surface area (Å²) in [6.45, 7) is 3.21. The van der Waals surface area contributed by atoms with Crippen LogP contribution in [0.2, 0.25) is 0 Å². The van der Waals surface area contributed by atoms with Crippen molar-refractivity contribution >= 4 is 24.0 Å². The second kappa shape index (κ2) is 6.95. The summed E-state index contributed by atoms with van der Waals surface area (Å²) in [4.78, 5) is 14.6. The van der Waals surface area contributed by atoms with Crippen molar-refractivity contribution in [2.45, 2.75) is 25.8 Å². The summed E-state index contributed by atoms with van der Waals surface area (Å²) >= 11 is 0. The molecule has 4 heteroatoms. The van der Waals surface area contributed by atoms with Gasteiger partial charge < -0.3 is 10.6 Å². The molecule has 0 fully saturated rings. The van der Waals surface area contributed by atoms with Crippen molar-refractivity contribution in [2.24, 2.45) is 5.73 Å². The molecule has 3 rings (SSSR count). The molecule has 0 aromatic heterocycles. The Kier molecular flexibility index (Phi) is 5.22. The van der Waals surface area contributed by atoms with Crippen LogP contribution in [0.15, 0.2) is 48.5 Å². The summed E-state index contributed by atoms with van der Waals surface area (Å²) in [5.74, 6) is 0.0820. The van der Waals surface area contributed by atoms with Crippen LogP contribution >= 0.6 is 12.4 Å². The van der Waals surface area contributed by atoms with Crippen molar-refractivity contribution < 1.29 is 4.79 Å². The molecule has 0 radical (unpaired) electrons. The van der Waals surface area contributed by atoms with E-state index in [1.54, 1.807) is 0 Å². The number of carbonyl (C=O) groups is 1. The number of nitrogens with two attached hydrogens (primary N) is 1. The highest BCUT2D eigenvalue weighted by molar-refractivity contribution is 6.04. The number of rotatable bonds is 4. The smallest absolute Gasteiger partial charge is 0.234 e. The topological polar surface area (TPSA) is 46.3 Å². The van der Waals surface area contributed by atoms with Crippen LogP contribution in [0, 0.1) is 6.92 Å². The number of anilines is 1. The SMILES string of the molecule is Cc1ccc2c(c1)C(CCN)C(=O)N2Cc1ccccc1.Cl. The molecule has 0 saturated carbocycles. The summed E-state index contributed by atoms with van der Waals surface area (Å²) in [5.41, 5.74) is 10.2. The van der Waals surface area contributed by atoms with E-state index in [1.165, 1.54) is 5.56 Å². The van der Waals surface area contributed by atoms with Gasteiger partial charge in [0.2, 0.25) is 5.91 Å². The number of amides is 1. The molecule has 116 valence electrons. The van der Waals surface area contributed by atoms with Crippen LogP contribution in [-0.2, 0) is 11.3 Å². The lowest BCUT2D eigenvalue weighted by Crippen LogP contribution is -2.29. The molecule has 1 unspecified atom stereocenters. The van der Waals surface area contributed by atoms with E-state index < -0.39 is 0 Å². The van der Waals surface area contributed by atoms with E-state index in [0.717, 1.165) is 16.8 Å². The van der Waals surface area contributed by atoms with Gasteiger partial charge in [-0.1, -0.05) is 48.0 Å². The summed E-state index contributed by atoms with van der Waals surface area (Å²) in [6.07, 6.45) is 0.709. The number of aryl methyl sites for hydroxylation is 1.